The van der Waals surface area contributed by atoms with Crippen molar-refractivity contribution in [2.45, 2.75) is 66.5 Å². The standard InChI is InChI=1S/C32H45NO3/c1-24(15-11-8-7-9-12-16-26(3)32(36)33-29(6)23-34)21-27(4)31(35)28(5)22-25(2)19-20-30-17-13-10-14-18-30/h7-18,21-22,25,27,29,31,34-35H,19-20,23H2,1-6H3,(H,33,36)/b8-7+,12-9-,15-11+,24-21+,26-16+,28-22+/t25-,27+,29-,31+/m0/s1. The molecular formula is C32H45NO3. The van der Waals surface area contributed by atoms with E-state index in [0.29, 0.717) is 11.5 Å². The number of allylic oxidation sites excluding steroid dienone is 9. The van der Waals surface area contributed by atoms with Crippen molar-refractivity contribution in [2.75, 3.05) is 6.61 Å². The summed E-state index contributed by atoms with van der Waals surface area (Å²) in [5, 5.41) is 22.5. The average Bonchev–Trinajstić information content (AvgIpc) is 2.86. The molecular weight excluding hydrogens is 446 g/mol. The Morgan fingerprint density at radius 1 is 0.944 bits per heavy atom. The van der Waals surface area contributed by atoms with Crippen LogP contribution in [0.2, 0.25) is 0 Å². The molecule has 1 aromatic carbocycles. The molecule has 0 fully saturated rings. The summed E-state index contributed by atoms with van der Waals surface area (Å²) in [5.41, 5.74) is 4.04. The van der Waals surface area contributed by atoms with Gasteiger partial charge in [0.15, 0.2) is 0 Å². The lowest BCUT2D eigenvalue weighted by Crippen LogP contribution is -2.35. The number of aliphatic hydroxyl groups excluding tert-OH is 2. The summed E-state index contributed by atoms with van der Waals surface area (Å²) in [7, 11) is 0. The summed E-state index contributed by atoms with van der Waals surface area (Å²) >= 11 is 0. The predicted octanol–water partition coefficient (Wildman–Crippen LogP) is 6.26. The highest BCUT2D eigenvalue weighted by Crippen LogP contribution is 2.19. The zero-order valence-electron chi connectivity index (χ0n) is 22.8. The predicted molar refractivity (Wildman–Crippen MR) is 152 cm³/mol. The molecule has 0 bridgehead atoms. The molecule has 1 aromatic rings. The summed E-state index contributed by atoms with van der Waals surface area (Å²) in [6.45, 7) is 11.7. The van der Waals surface area contributed by atoms with Crippen LogP contribution in [0, 0.1) is 11.8 Å². The van der Waals surface area contributed by atoms with Gasteiger partial charge < -0.3 is 15.5 Å². The average molecular weight is 492 g/mol. The Labute approximate surface area is 218 Å². The first-order valence-corrected chi connectivity index (χ1v) is 12.8. The van der Waals surface area contributed by atoms with Crippen molar-refractivity contribution in [3.05, 3.63) is 107 Å². The van der Waals surface area contributed by atoms with Crippen molar-refractivity contribution in [1.29, 1.82) is 0 Å². The van der Waals surface area contributed by atoms with E-state index in [1.165, 1.54) is 5.56 Å². The van der Waals surface area contributed by atoms with Crippen LogP contribution in [0.4, 0.5) is 0 Å². The van der Waals surface area contributed by atoms with Gasteiger partial charge in [-0.2, -0.15) is 0 Å². The van der Waals surface area contributed by atoms with Crippen LogP contribution in [0.15, 0.2) is 102 Å². The van der Waals surface area contributed by atoms with Crippen LogP contribution in [0.3, 0.4) is 0 Å². The molecule has 4 nitrogen and oxygen atoms in total. The molecule has 3 N–H and O–H groups in total. The molecule has 0 aliphatic rings. The zero-order valence-corrected chi connectivity index (χ0v) is 22.8. The first kappa shape index (κ1) is 31.1. The van der Waals surface area contributed by atoms with Gasteiger partial charge in [0.05, 0.1) is 12.7 Å². The molecule has 0 saturated carbocycles. The number of aliphatic hydroxyl groups is 2. The molecule has 36 heavy (non-hydrogen) atoms. The number of hydrogen-bond acceptors (Lipinski definition) is 3. The topological polar surface area (TPSA) is 69.6 Å². The Morgan fingerprint density at radius 3 is 2.25 bits per heavy atom. The Balaban J connectivity index is 2.53. The second-order valence-corrected chi connectivity index (χ2v) is 9.66. The fourth-order valence-electron chi connectivity index (χ4n) is 3.70. The normalized spacial score (nSPS) is 17.1. The molecule has 1 amide bonds. The van der Waals surface area contributed by atoms with Gasteiger partial charge in [0, 0.05) is 17.5 Å². The van der Waals surface area contributed by atoms with Crippen LogP contribution in [0.5, 0.6) is 0 Å². The van der Waals surface area contributed by atoms with Crippen molar-refractivity contribution >= 4 is 5.91 Å². The van der Waals surface area contributed by atoms with Crippen LogP contribution in [0.1, 0.15) is 53.5 Å². The minimum absolute atomic E-state index is 0.0175. The van der Waals surface area contributed by atoms with Gasteiger partial charge in [0.25, 0.3) is 0 Å². The molecule has 0 aromatic heterocycles. The molecule has 0 saturated heterocycles. The Hall–Kier alpha value is -2.95. The minimum atomic E-state index is -0.501. The highest BCUT2D eigenvalue weighted by atomic mass is 16.3. The number of benzene rings is 1. The molecule has 196 valence electrons. The summed E-state index contributed by atoms with van der Waals surface area (Å²) in [6.07, 6.45) is 19.1. The zero-order chi connectivity index (χ0) is 26.9. The number of carbonyl (C=O) groups is 1. The number of carbonyl (C=O) groups excluding carboxylic acids is 1. The molecule has 4 atom stereocenters. The maximum Gasteiger partial charge on any atom is 0.247 e. The Bertz CT molecular complexity index is 966. The van der Waals surface area contributed by atoms with Crippen LogP contribution < -0.4 is 5.32 Å². The van der Waals surface area contributed by atoms with Crippen LogP contribution in [-0.4, -0.2) is 34.9 Å². The van der Waals surface area contributed by atoms with Gasteiger partial charge in [-0.05, 0) is 57.6 Å². The third-order valence-corrected chi connectivity index (χ3v) is 5.93. The van der Waals surface area contributed by atoms with E-state index in [1.54, 1.807) is 26.0 Å². The van der Waals surface area contributed by atoms with E-state index >= 15 is 0 Å². The Kier molecular flexibility index (Phi) is 15.1. The molecule has 0 radical (unpaired) electrons. The van der Waals surface area contributed by atoms with Crippen molar-refractivity contribution in [1.82, 2.24) is 5.32 Å². The maximum absolute atomic E-state index is 11.9. The van der Waals surface area contributed by atoms with Crippen LogP contribution >= 0.6 is 0 Å². The van der Waals surface area contributed by atoms with Gasteiger partial charge in [-0.1, -0.05) is 104 Å². The fourth-order valence-corrected chi connectivity index (χ4v) is 3.70. The fraction of sp³-hybridized carbons (Fsp3) is 0.406. The lowest BCUT2D eigenvalue weighted by Gasteiger charge is -2.19. The SMILES string of the molecule is CC(/C=C/C=C/C=C\C=C(/C)C(=O)N[C@@H](C)CO)=C\[C@@H](C)[C@@H](O)/C(C)=C/[C@@H](C)CCc1ccccc1. The van der Waals surface area contributed by atoms with Crippen molar-refractivity contribution in [3.63, 3.8) is 0 Å². The molecule has 0 aliphatic heterocycles. The lowest BCUT2D eigenvalue weighted by molar-refractivity contribution is -0.118. The van der Waals surface area contributed by atoms with E-state index < -0.39 is 6.10 Å². The van der Waals surface area contributed by atoms with Crippen LogP contribution in [-0.2, 0) is 11.2 Å². The molecule has 0 unspecified atom stereocenters. The van der Waals surface area contributed by atoms with Crippen molar-refractivity contribution in [3.8, 4) is 0 Å². The van der Waals surface area contributed by atoms with E-state index in [-0.39, 0.29) is 24.5 Å². The minimum Gasteiger partial charge on any atom is -0.394 e. The monoisotopic (exact) mass is 491 g/mol. The number of rotatable bonds is 14. The van der Waals surface area contributed by atoms with Gasteiger partial charge in [-0.3, -0.25) is 4.79 Å². The third-order valence-electron chi connectivity index (χ3n) is 5.93. The van der Waals surface area contributed by atoms with E-state index in [0.717, 1.165) is 24.0 Å². The van der Waals surface area contributed by atoms with E-state index in [9.17, 15) is 9.90 Å². The van der Waals surface area contributed by atoms with Crippen LogP contribution in [0.25, 0.3) is 0 Å². The highest BCUT2D eigenvalue weighted by Gasteiger charge is 2.14. The molecule has 4 heteroatoms. The third kappa shape index (κ3) is 13.2. The molecule has 0 heterocycles. The molecule has 1 rings (SSSR count). The second kappa shape index (κ2) is 17.5. The first-order valence-electron chi connectivity index (χ1n) is 12.8. The van der Waals surface area contributed by atoms with Crippen molar-refractivity contribution < 1.29 is 15.0 Å². The largest absolute Gasteiger partial charge is 0.394 e. The maximum atomic E-state index is 11.9. The summed E-state index contributed by atoms with van der Waals surface area (Å²) in [5.74, 6) is 0.241. The quantitative estimate of drug-likeness (QED) is 0.163. The van der Waals surface area contributed by atoms with E-state index in [4.69, 9.17) is 5.11 Å². The number of nitrogens with one attached hydrogen (secondary N) is 1. The van der Waals surface area contributed by atoms with Gasteiger partial charge in [0.1, 0.15) is 0 Å². The van der Waals surface area contributed by atoms with Gasteiger partial charge in [0.2, 0.25) is 5.91 Å². The molecule has 0 spiro atoms. The van der Waals surface area contributed by atoms with E-state index in [1.807, 2.05) is 57.2 Å². The van der Waals surface area contributed by atoms with Crippen molar-refractivity contribution in [2.24, 2.45) is 11.8 Å². The number of amides is 1. The van der Waals surface area contributed by atoms with E-state index in [2.05, 4.69) is 48.7 Å². The summed E-state index contributed by atoms with van der Waals surface area (Å²) in [6, 6.07) is 10.3. The first-order chi connectivity index (χ1) is 17.1. The summed E-state index contributed by atoms with van der Waals surface area (Å²) in [4.78, 5) is 11.9. The van der Waals surface area contributed by atoms with Gasteiger partial charge in [-0.15, -0.1) is 0 Å². The van der Waals surface area contributed by atoms with Gasteiger partial charge in [-0.25, -0.2) is 0 Å². The lowest BCUT2D eigenvalue weighted by atomic mass is 9.92. The highest BCUT2D eigenvalue weighted by molar-refractivity contribution is 5.93. The van der Waals surface area contributed by atoms with Gasteiger partial charge >= 0.3 is 0 Å². The number of hydrogen-bond donors (Lipinski definition) is 3. The summed E-state index contributed by atoms with van der Waals surface area (Å²) < 4.78 is 0. The smallest absolute Gasteiger partial charge is 0.247 e. The Morgan fingerprint density at radius 2 is 1.58 bits per heavy atom. The molecule has 0 aliphatic carbocycles. The second-order valence-electron chi connectivity index (χ2n) is 9.66. The number of aryl methyl sites for hydroxylation is 1.